The Morgan fingerprint density at radius 3 is 1.65 bits per heavy atom. The summed E-state index contributed by atoms with van der Waals surface area (Å²) in [5, 5.41) is 30.2. The van der Waals surface area contributed by atoms with Gasteiger partial charge in [-0.15, -0.1) is 0 Å². The molecule has 4 aromatic heterocycles. The number of hydrogen-bond acceptors (Lipinski definition) is 12. The molecule has 16 heteroatoms. The van der Waals surface area contributed by atoms with Crippen molar-refractivity contribution in [2.24, 2.45) is 0 Å². The fourth-order valence-corrected chi connectivity index (χ4v) is 4.82. The molecule has 0 radical (unpaired) electrons. The first-order valence-corrected chi connectivity index (χ1v) is 15.8. The van der Waals surface area contributed by atoms with Crippen LogP contribution in [0.4, 0.5) is 43.7 Å². The smallest absolute Gasteiger partial charge is 0.226 e. The maximum atomic E-state index is 13.5. The molecule has 6 rings (SSSR count). The Hall–Kier alpha value is -5.48. The van der Waals surface area contributed by atoms with Crippen molar-refractivity contribution in [2.75, 3.05) is 47.6 Å². The standard InChI is InChI=1S/C17H21FN6O.C16H19FN6O/c1-10(2)24-9-20-14-15(21-12-4-5-13(18)11(3)8-12)22-17(19-6-7-25)23-16(14)24;1-10(2)23-9-19-13-14(20-12-5-3-4-11(17)8-12)21-16(18-6-7-24)22-15(13)23/h4-5,8-10,25H,6-7H2,1-3H3,(H2,19,21,22,23);3-5,8-10,24H,6-7H2,1-2H3,(H2,18,20,21,22). The molecule has 0 aliphatic carbocycles. The van der Waals surface area contributed by atoms with Crippen LogP contribution < -0.4 is 21.3 Å². The number of nitrogens with zero attached hydrogens (tertiary/aromatic N) is 8. The summed E-state index contributed by atoms with van der Waals surface area (Å²) in [6.07, 6.45) is 3.43. The average molecular weight is 675 g/mol. The summed E-state index contributed by atoms with van der Waals surface area (Å²) in [4.78, 5) is 26.6. The lowest BCUT2D eigenvalue weighted by atomic mass is 10.2. The second-order valence-electron chi connectivity index (χ2n) is 11.7. The number of halogens is 2. The van der Waals surface area contributed by atoms with Crippen LogP contribution in [0.1, 0.15) is 45.3 Å². The van der Waals surface area contributed by atoms with Crippen LogP contribution in [-0.2, 0) is 0 Å². The van der Waals surface area contributed by atoms with Gasteiger partial charge < -0.3 is 40.6 Å². The molecule has 0 spiro atoms. The number of aryl methyl sites for hydroxylation is 1. The Bertz CT molecular complexity index is 2030. The van der Waals surface area contributed by atoms with E-state index in [1.807, 2.05) is 36.8 Å². The Morgan fingerprint density at radius 1 is 0.694 bits per heavy atom. The van der Waals surface area contributed by atoms with Gasteiger partial charge in [-0.05, 0) is 76.6 Å². The summed E-state index contributed by atoms with van der Waals surface area (Å²) in [7, 11) is 0. The van der Waals surface area contributed by atoms with Crippen LogP contribution >= 0.6 is 0 Å². The molecule has 0 unspecified atom stereocenters. The van der Waals surface area contributed by atoms with Gasteiger partial charge in [-0.3, -0.25) is 0 Å². The van der Waals surface area contributed by atoms with Gasteiger partial charge in [0.25, 0.3) is 0 Å². The zero-order chi connectivity index (χ0) is 35.1. The van der Waals surface area contributed by atoms with Gasteiger partial charge in [0, 0.05) is 36.5 Å². The number of nitrogens with one attached hydrogen (secondary N) is 4. The zero-order valence-electron chi connectivity index (χ0n) is 27.9. The number of anilines is 6. The quantitative estimate of drug-likeness (QED) is 0.0936. The van der Waals surface area contributed by atoms with Crippen LogP contribution in [-0.4, -0.2) is 75.6 Å². The van der Waals surface area contributed by atoms with Gasteiger partial charge in [-0.2, -0.15) is 19.9 Å². The lowest BCUT2D eigenvalue weighted by Crippen LogP contribution is -2.11. The molecular formula is C33H40F2N12O2. The monoisotopic (exact) mass is 674 g/mol. The van der Waals surface area contributed by atoms with Crippen molar-refractivity contribution < 1.29 is 19.0 Å². The van der Waals surface area contributed by atoms with Crippen LogP contribution in [0.3, 0.4) is 0 Å². The van der Waals surface area contributed by atoms with Gasteiger partial charge in [0.2, 0.25) is 11.9 Å². The van der Waals surface area contributed by atoms with E-state index in [1.165, 1.54) is 18.2 Å². The van der Waals surface area contributed by atoms with Crippen LogP contribution in [0.5, 0.6) is 0 Å². The first-order chi connectivity index (χ1) is 23.6. The summed E-state index contributed by atoms with van der Waals surface area (Å²) < 4.78 is 30.8. The fraction of sp³-hybridized carbons (Fsp3) is 0.333. The van der Waals surface area contributed by atoms with E-state index in [2.05, 4.69) is 51.2 Å². The highest BCUT2D eigenvalue weighted by Crippen LogP contribution is 2.28. The van der Waals surface area contributed by atoms with Crippen molar-refractivity contribution >= 4 is 57.2 Å². The highest BCUT2D eigenvalue weighted by molar-refractivity contribution is 5.87. The molecule has 4 heterocycles. The van der Waals surface area contributed by atoms with E-state index in [4.69, 9.17) is 10.2 Å². The minimum absolute atomic E-state index is 0.0231. The van der Waals surface area contributed by atoms with E-state index in [0.29, 0.717) is 75.9 Å². The average Bonchev–Trinajstić information content (AvgIpc) is 3.70. The summed E-state index contributed by atoms with van der Waals surface area (Å²) in [5.74, 6) is 1.17. The van der Waals surface area contributed by atoms with Crippen LogP contribution in [0.15, 0.2) is 55.1 Å². The lowest BCUT2D eigenvalue weighted by Gasteiger charge is -2.12. The molecule has 6 N–H and O–H groups in total. The Kier molecular flexibility index (Phi) is 11.1. The molecule has 14 nitrogen and oxygen atoms in total. The first kappa shape index (κ1) is 34.8. The van der Waals surface area contributed by atoms with Gasteiger partial charge in [0.1, 0.15) is 11.6 Å². The molecule has 0 aliphatic rings. The van der Waals surface area contributed by atoms with Crippen molar-refractivity contribution in [1.82, 2.24) is 39.0 Å². The number of benzene rings is 2. The normalized spacial score (nSPS) is 11.2. The van der Waals surface area contributed by atoms with E-state index < -0.39 is 0 Å². The van der Waals surface area contributed by atoms with Crippen LogP contribution in [0.2, 0.25) is 0 Å². The summed E-state index contributed by atoms with van der Waals surface area (Å²) in [5.41, 5.74) is 4.41. The molecule has 258 valence electrons. The van der Waals surface area contributed by atoms with Gasteiger partial charge in [0.15, 0.2) is 34.0 Å². The SMILES string of the molecule is CC(C)n1cnc2c(Nc3cccc(F)c3)nc(NCCO)nc21.Cc1cc(Nc2nc(NCCO)nc3c2ncn3C(C)C)ccc1F. The number of rotatable bonds is 12. The Morgan fingerprint density at radius 2 is 1.20 bits per heavy atom. The van der Waals surface area contributed by atoms with Crippen molar-refractivity contribution in [3.63, 3.8) is 0 Å². The number of aliphatic hydroxyl groups excluding tert-OH is 2. The maximum absolute atomic E-state index is 13.5. The maximum Gasteiger partial charge on any atom is 0.226 e. The third-order valence-electron chi connectivity index (χ3n) is 7.25. The number of aromatic nitrogens is 8. The first-order valence-electron chi connectivity index (χ1n) is 15.8. The van der Waals surface area contributed by atoms with Crippen LogP contribution in [0.25, 0.3) is 22.3 Å². The minimum Gasteiger partial charge on any atom is -0.395 e. The number of hydrogen-bond donors (Lipinski definition) is 6. The lowest BCUT2D eigenvalue weighted by molar-refractivity contribution is 0.310. The van der Waals surface area contributed by atoms with Crippen molar-refractivity contribution in [1.29, 1.82) is 0 Å². The molecule has 2 aromatic carbocycles. The highest BCUT2D eigenvalue weighted by atomic mass is 19.1. The molecule has 6 aromatic rings. The van der Waals surface area contributed by atoms with E-state index in [0.717, 1.165) is 0 Å². The molecular weight excluding hydrogens is 634 g/mol. The molecule has 0 fully saturated rings. The van der Waals surface area contributed by atoms with E-state index in [-0.39, 0.29) is 36.9 Å². The van der Waals surface area contributed by atoms with E-state index >= 15 is 0 Å². The highest BCUT2D eigenvalue weighted by Gasteiger charge is 2.17. The molecule has 49 heavy (non-hydrogen) atoms. The second kappa shape index (κ2) is 15.6. The van der Waals surface area contributed by atoms with Gasteiger partial charge in [0.05, 0.1) is 25.9 Å². The second-order valence-corrected chi connectivity index (χ2v) is 11.7. The predicted octanol–water partition coefficient (Wildman–Crippen LogP) is 5.70. The third-order valence-corrected chi connectivity index (χ3v) is 7.25. The van der Waals surface area contributed by atoms with Crippen LogP contribution in [0, 0.1) is 18.6 Å². The Balaban J connectivity index is 0.000000191. The molecule has 0 bridgehead atoms. The van der Waals surface area contributed by atoms with E-state index in [9.17, 15) is 8.78 Å². The predicted molar refractivity (Wildman–Crippen MR) is 187 cm³/mol. The largest absolute Gasteiger partial charge is 0.395 e. The third kappa shape index (κ3) is 8.33. The number of imidazole rings is 2. The van der Waals surface area contributed by atoms with E-state index in [1.54, 1.807) is 43.8 Å². The minimum atomic E-state index is -0.336. The zero-order valence-corrected chi connectivity index (χ0v) is 27.9. The summed E-state index contributed by atoms with van der Waals surface area (Å²) in [6.45, 7) is 10.5. The summed E-state index contributed by atoms with van der Waals surface area (Å²) in [6, 6.07) is 11.3. The fourth-order valence-electron chi connectivity index (χ4n) is 4.82. The van der Waals surface area contributed by atoms with Gasteiger partial charge in [-0.1, -0.05) is 6.07 Å². The molecule has 0 saturated heterocycles. The van der Waals surface area contributed by atoms with Gasteiger partial charge in [-0.25, -0.2) is 18.7 Å². The molecule has 0 atom stereocenters. The molecule has 0 amide bonds. The number of aliphatic hydroxyl groups is 2. The Labute approximate surface area is 281 Å². The van der Waals surface area contributed by atoms with Crippen molar-refractivity contribution in [2.45, 2.75) is 46.7 Å². The van der Waals surface area contributed by atoms with Crippen molar-refractivity contribution in [3.05, 3.63) is 72.3 Å². The topological polar surface area (TPSA) is 176 Å². The van der Waals surface area contributed by atoms with Crippen molar-refractivity contribution in [3.8, 4) is 0 Å². The molecule has 0 saturated carbocycles. The number of fused-ring (bicyclic) bond motifs is 2. The van der Waals surface area contributed by atoms with Gasteiger partial charge >= 0.3 is 0 Å². The summed E-state index contributed by atoms with van der Waals surface area (Å²) >= 11 is 0. The molecule has 0 aliphatic heterocycles.